The number of hydrogen-bond donors (Lipinski definition) is 2. The number of pyridine rings is 3. The Bertz CT molecular complexity index is 1490. The number of aromatic nitrogens is 7. The van der Waals surface area contributed by atoms with Gasteiger partial charge < -0.3 is 19.7 Å². The number of nitrogens with one attached hydrogen (secondary N) is 2. The van der Waals surface area contributed by atoms with E-state index in [-0.39, 0.29) is 0 Å². The van der Waals surface area contributed by atoms with E-state index in [4.69, 9.17) is 4.98 Å². The number of fused-ring (bicyclic) bond motifs is 2. The summed E-state index contributed by atoms with van der Waals surface area (Å²) in [5.41, 5.74) is 7.34. The van der Waals surface area contributed by atoms with Crippen molar-refractivity contribution < 1.29 is 0 Å². The lowest BCUT2D eigenvalue weighted by molar-refractivity contribution is 0.313. The zero-order valence-corrected chi connectivity index (χ0v) is 20.2. The third-order valence-electron chi connectivity index (χ3n) is 6.48. The maximum atomic E-state index is 4.95. The Morgan fingerprint density at radius 2 is 1.80 bits per heavy atom. The largest absolute Gasteiger partial charge is 0.367 e. The van der Waals surface area contributed by atoms with Gasteiger partial charge in [0.15, 0.2) is 17.1 Å². The fourth-order valence-electron chi connectivity index (χ4n) is 4.65. The fraction of sp³-hybridized carbons (Fsp3) is 0.320. The van der Waals surface area contributed by atoms with Crippen molar-refractivity contribution in [3.05, 3.63) is 48.5 Å². The molecule has 1 aliphatic heterocycles. The van der Waals surface area contributed by atoms with Crippen molar-refractivity contribution in [1.82, 2.24) is 44.9 Å². The first kappa shape index (κ1) is 21.6. The maximum absolute atomic E-state index is 4.95. The van der Waals surface area contributed by atoms with Gasteiger partial charge in [0, 0.05) is 68.6 Å². The summed E-state index contributed by atoms with van der Waals surface area (Å²) in [7, 11) is 6.26. The van der Waals surface area contributed by atoms with E-state index in [1.54, 1.807) is 0 Å². The molecule has 1 saturated heterocycles. The van der Waals surface area contributed by atoms with Gasteiger partial charge in [-0.3, -0.25) is 10.1 Å². The molecule has 178 valence electrons. The summed E-state index contributed by atoms with van der Waals surface area (Å²) in [6.07, 6.45) is 7.47. The summed E-state index contributed by atoms with van der Waals surface area (Å²) < 4.78 is 0. The quantitative estimate of drug-likeness (QED) is 0.406. The first-order valence-electron chi connectivity index (χ1n) is 11.8. The SMILES string of the molecule is CN(C)Cc1cncc(-c2cnc3[nH]nc(-c4nc5c(N6CCN(C)CC6)ccnc5[nH]4)c3c2)c1. The monoisotopic (exact) mass is 468 g/mol. The Balaban J connectivity index is 1.39. The van der Waals surface area contributed by atoms with Gasteiger partial charge >= 0.3 is 0 Å². The summed E-state index contributed by atoms with van der Waals surface area (Å²) in [5.74, 6) is 0.679. The van der Waals surface area contributed by atoms with Crippen LogP contribution in [-0.2, 0) is 6.54 Å². The number of likely N-dealkylation sites (N-methyl/N-ethyl adjacent to an activating group) is 1. The van der Waals surface area contributed by atoms with Crippen molar-refractivity contribution in [2.24, 2.45) is 0 Å². The second-order valence-corrected chi connectivity index (χ2v) is 9.42. The number of imidazole rings is 1. The molecule has 2 N–H and O–H groups in total. The van der Waals surface area contributed by atoms with Crippen molar-refractivity contribution in [2.75, 3.05) is 52.2 Å². The number of aromatic amines is 2. The molecular formula is C25H28N10. The lowest BCUT2D eigenvalue weighted by atomic mass is 10.1. The van der Waals surface area contributed by atoms with Crippen LogP contribution in [0.4, 0.5) is 5.69 Å². The minimum absolute atomic E-state index is 0.679. The highest BCUT2D eigenvalue weighted by molar-refractivity contribution is 5.95. The predicted molar refractivity (Wildman–Crippen MR) is 137 cm³/mol. The van der Waals surface area contributed by atoms with E-state index in [0.29, 0.717) is 11.5 Å². The van der Waals surface area contributed by atoms with Gasteiger partial charge in [-0.05, 0) is 44.9 Å². The van der Waals surface area contributed by atoms with Crippen molar-refractivity contribution in [3.63, 3.8) is 0 Å². The average molecular weight is 469 g/mol. The van der Waals surface area contributed by atoms with Crippen LogP contribution in [0.2, 0.25) is 0 Å². The van der Waals surface area contributed by atoms with Crippen molar-refractivity contribution in [1.29, 1.82) is 0 Å². The fourth-order valence-corrected chi connectivity index (χ4v) is 4.65. The van der Waals surface area contributed by atoms with E-state index in [0.717, 1.165) is 77.3 Å². The van der Waals surface area contributed by atoms with Crippen LogP contribution in [0.1, 0.15) is 5.56 Å². The molecule has 10 heteroatoms. The lowest BCUT2D eigenvalue weighted by Crippen LogP contribution is -2.44. The molecule has 1 aliphatic rings. The molecule has 10 nitrogen and oxygen atoms in total. The van der Waals surface area contributed by atoms with Crippen LogP contribution < -0.4 is 4.90 Å². The minimum Gasteiger partial charge on any atom is -0.367 e. The molecule has 0 aromatic carbocycles. The number of piperazine rings is 1. The normalized spacial score (nSPS) is 15.0. The molecule has 0 bridgehead atoms. The highest BCUT2D eigenvalue weighted by Gasteiger charge is 2.21. The van der Waals surface area contributed by atoms with Gasteiger partial charge in [0.25, 0.3) is 0 Å². The summed E-state index contributed by atoms with van der Waals surface area (Å²) in [6.45, 7) is 4.83. The van der Waals surface area contributed by atoms with Crippen LogP contribution in [0.25, 0.3) is 44.8 Å². The smallest absolute Gasteiger partial charge is 0.161 e. The second kappa shape index (κ2) is 8.71. The van der Waals surface area contributed by atoms with Crippen LogP contribution in [0.3, 0.4) is 0 Å². The number of H-pyrrole nitrogens is 2. The Labute approximate surface area is 203 Å². The van der Waals surface area contributed by atoms with Crippen LogP contribution in [-0.4, -0.2) is 92.2 Å². The van der Waals surface area contributed by atoms with E-state index in [1.807, 2.05) is 30.9 Å². The first-order valence-corrected chi connectivity index (χ1v) is 11.8. The molecule has 0 spiro atoms. The summed E-state index contributed by atoms with van der Waals surface area (Å²) in [5, 5.41) is 8.51. The molecule has 1 fully saturated rings. The highest BCUT2D eigenvalue weighted by atomic mass is 15.3. The van der Waals surface area contributed by atoms with E-state index in [9.17, 15) is 0 Å². The minimum atomic E-state index is 0.679. The van der Waals surface area contributed by atoms with Gasteiger partial charge in [-0.15, -0.1) is 0 Å². The standard InChI is InChI=1S/C25H28N10/c1-33(2)15-16-10-17(13-26-12-16)18-11-19-21(31-32-23(19)28-14-18)25-29-22-20(4-5-27-24(22)30-25)35-8-6-34(3)7-9-35/h4-5,10-14H,6-9,15H2,1-3H3,(H,27,29,30)(H,28,31,32). The molecule has 6 rings (SSSR count). The Morgan fingerprint density at radius 1 is 0.971 bits per heavy atom. The van der Waals surface area contributed by atoms with Crippen LogP contribution >= 0.6 is 0 Å². The summed E-state index contributed by atoms with van der Waals surface area (Å²) in [4.78, 5) is 28.8. The molecule has 0 aliphatic carbocycles. The molecule has 35 heavy (non-hydrogen) atoms. The topological polar surface area (TPSA) is 106 Å². The van der Waals surface area contributed by atoms with Gasteiger partial charge in [0.2, 0.25) is 0 Å². The molecule has 5 aromatic rings. The number of anilines is 1. The first-order chi connectivity index (χ1) is 17.0. The van der Waals surface area contributed by atoms with Crippen LogP contribution in [0, 0.1) is 0 Å². The Kier molecular flexibility index (Phi) is 5.39. The van der Waals surface area contributed by atoms with Crippen molar-refractivity contribution in [3.8, 4) is 22.6 Å². The van der Waals surface area contributed by atoms with Gasteiger partial charge in [0.1, 0.15) is 11.2 Å². The molecule has 0 unspecified atom stereocenters. The van der Waals surface area contributed by atoms with E-state index < -0.39 is 0 Å². The third kappa shape index (κ3) is 4.11. The molecule has 0 saturated carbocycles. The number of hydrogen-bond acceptors (Lipinski definition) is 8. The zero-order chi connectivity index (χ0) is 23.9. The Hall–Kier alpha value is -3.89. The van der Waals surface area contributed by atoms with E-state index in [2.05, 4.69) is 78.1 Å². The summed E-state index contributed by atoms with van der Waals surface area (Å²) >= 11 is 0. The zero-order valence-electron chi connectivity index (χ0n) is 20.2. The van der Waals surface area contributed by atoms with Crippen molar-refractivity contribution >= 4 is 27.9 Å². The highest BCUT2D eigenvalue weighted by Crippen LogP contribution is 2.31. The van der Waals surface area contributed by atoms with Gasteiger partial charge in [-0.2, -0.15) is 5.10 Å². The molecule has 0 atom stereocenters. The van der Waals surface area contributed by atoms with Crippen LogP contribution in [0.15, 0.2) is 43.0 Å². The van der Waals surface area contributed by atoms with Gasteiger partial charge in [-0.1, -0.05) is 0 Å². The number of nitrogens with zero attached hydrogens (tertiary/aromatic N) is 8. The molecule has 0 amide bonds. The molecule has 6 heterocycles. The van der Waals surface area contributed by atoms with Gasteiger partial charge in [0.05, 0.1) is 11.1 Å². The molecular weight excluding hydrogens is 440 g/mol. The van der Waals surface area contributed by atoms with E-state index in [1.165, 1.54) is 0 Å². The second-order valence-electron chi connectivity index (χ2n) is 9.42. The Morgan fingerprint density at radius 3 is 2.63 bits per heavy atom. The number of rotatable bonds is 5. The third-order valence-corrected chi connectivity index (χ3v) is 6.48. The summed E-state index contributed by atoms with van der Waals surface area (Å²) in [6, 6.07) is 6.30. The predicted octanol–water partition coefficient (Wildman–Crippen LogP) is 2.77. The van der Waals surface area contributed by atoms with E-state index >= 15 is 0 Å². The molecule has 5 aromatic heterocycles. The van der Waals surface area contributed by atoms with Crippen LogP contribution in [0.5, 0.6) is 0 Å². The average Bonchev–Trinajstić information content (AvgIpc) is 3.48. The molecule has 0 radical (unpaired) electrons. The van der Waals surface area contributed by atoms with Crippen molar-refractivity contribution in [2.45, 2.75) is 6.54 Å². The maximum Gasteiger partial charge on any atom is 0.161 e. The lowest BCUT2D eigenvalue weighted by Gasteiger charge is -2.33. The van der Waals surface area contributed by atoms with Gasteiger partial charge in [-0.25, -0.2) is 15.0 Å².